The lowest BCUT2D eigenvalue weighted by molar-refractivity contribution is -0.138. The monoisotopic (exact) mass is 434 g/mol. The molecule has 0 spiro atoms. The average molecular weight is 435 g/mol. The highest BCUT2D eigenvalue weighted by Gasteiger charge is 2.41. The maximum Gasteiger partial charge on any atom is 0.278 e. The molecule has 2 heterocycles. The van der Waals surface area contributed by atoms with Crippen molar-refractivity contribution in [3.63, 3.8) is 0 Å². The summed E-state index contributed by atoms with van der Waals surface area (Å²) < 4.78 is 11.0. The molecule has 32 heavy (non-hydrogen) atoms. The van der Waals surface area contributed by atoms with Gasteiger partial charge in [0.15, 0.2) is 0 Å². The van der Waals surface area contributed by atoms with Gasteiger partial charge in [0.1, 0.15) is 17.2 Å². The van der Waals surface area contributed by atoms with Gasteiger partial charge in [0.25, 0.3) is 11.8 Å². The summed E-state index contributed by atoms with van der Waals surface area (Å²) in [4.78, 5) is 30.5. The highest BCUT2D eigenvalue weighted by atomic mass is 16.5. The van der Waals surface area contributed by atoms with Crippen molar-refractivity contribution in [2.24, 2.45) is 0 Å². The van der Waals surface area contributed by atoms with Crippen LogP contribution in [0.25, 0.3) is 5.57 Å². The van der Waals surface area contributed by atoms with Crippen molar-refractivity contribution in [3.05, 3.63) is 65.4 Å². The molecule has 0 aliphatic carbocycles. The fraction of sp³-hybridized carbons (Fsp3) is 0.385. The van der Waals surface area contributed by atoms with Crippen LogP contribution in [0.4, 0.5) is 0 Å². The van der Waals surface area contributed by atoms with E-state index >= 15 is 0 Å². The number of benzene rings is 2. The van der Waals surface area contributed by atoms with E-state index in [2.05, 4.69) is 4.90 Å². The van der Waals surface area contributed by atoms with Crippen LogP contribution in [0.5, 0.6) is 11.5 Å². The molecule has 1 fully saturated rings. The Morgan fingerprint density at radius 3 is 2.06 bits per heavy atom. The molecule has 0 atom stereocenters. The van der Waals surface area contributed by atoms with E-state index in [0.717, 1.165) is 55.0 Å². The van der Waals surface area contributed by atoms with E-state index in [1.807, 2.05) is 62.4 Å². The summed E-state index contributed by atoms with van der Waals surface area (Å²) in [6, 6.07) is 14.9. The average Bonchev–Trinajstić information content (AvgIpc) is 3.05. The molecule has 4 rings (SSSR count). The van der Waals surface area contributed by atoms with E-state index in [4.69, 9.17) is 9.47 Å². The number of carbonyl (C=O) groups is 2. The molecular weight excluding hydrogens is 404 g/mol. The van der Waals surface area contributed by atoms with Gasteiger partial charge < -0.3 is 14.4 Å². The van der Waals surface area contributed by atoms with Gasteiger partial charge in [-0.3, -0.25) is 14.5 Å². The van der Waals surface area contributed by atoms with Crippen molar-refractivity contribution >= 4 is 17.4 Å². The second-order valence-corrected chi connectivity index (χ2v) is 8.51. The van der Waals surface area contributed by atoms with Crippen LogP contribution in [0, 0.1) is 0 Å². The molecule has 1 saturated heterocycles. The lowest BCUT2D eigenvalue weighted by Crippen LogP contribution is -2.36. The molecule has 2 aliphatic rings. The number of likely N-dealkylation sites (tertiary alicyclic amines) is 1. The highest BCUT2D eigenvalue weighted by molar-refractivity contribution is 6.35. The minimum Gasteiger partial charge on any atom is -0.497 e. The molecule has 0 saturated carbocycles. The number of hydrogen-bond donors (Lipinski definition) is 0. The molecule has 6 nitrogen and oxygen atoms in total. The third kappa shape index (κ3) is 4.49. The van der Waals surface area contributed by atoms with E-state index in [9.17, 15) is 9.59 Å². The number of methoxy groups -OCH3 is 1. The minimum absolute atomic E-state index is 0.0682. The van der Waals surface area contributed by atoms with E-state index in [-0.39, 0.29) is 24.5 Å². The standard InChI is InChI=1S/C26H30N2O4/c1-18(2)32-22-13-9-20(10-14-22)23-24(27-15-5-4-6-16-27)26(30)28(25(23)29)17-19-7-11-21(31-3)12-8-19/h7-14,18H,4-6,15-17H2,1-3H3. The van der Waals surface area contributed by atoms with E-state index < -0.39 is 0 Å². The van der Waals surface area contributed by atoms with Crippen LogP contribution in [0.15, 0.2) is 54.2 Å². The van der Waals surface area contributed by atoms with Crippen LogP contribution >= 0.6 is 0 Å². The van der Waals surface area contributed by atoms with Gasteiger partial charge in [-0.1, -0.05) is 24.3 Å². The summed E-state index contributed by atoms with van der Waals surface area (Å²) in [6.07, 6.45) is 3.27. The van der Waals surface area contributed by atoms with Gasteiger partial charge in [-0.25, -0.2) is 0 Å². The topological polar surface area (TPSA) is 59.1 Å². The third-order valence-corrected chi connectivity index (χ3v) is 5.83. The molecule has 2 amide bonds. The van der Waals surface area contributed by atoms with Gasteiger partial charge in [0.2, 0.25) is 0 Å². The number of ether oxygens (including phenoxy) is 2. The molecule has 0 radical (unpaired) electrons. The fourth-order valence-corrected chi connectivity index (χ4v) is 4.26. The van der Waals surface area contributed by atoms with Gasteiger partial charge in [-0.05, 0) is 68.5 Å². The SMILES string of the molecule is COc1ccc(CN2C(=O)C(c3ccc(OC(C)C)cc3)=C(N3CCCCC3)C2=O)cc1. The zero-order valence-corrected chi connectivity index (χ0v) is 19.0. The van der Waals surface area contributed by atoms with E-state index in [0.29, 0.717) is 11.3 Å². The fourth-order valence-electron chi connectivity index (χ4n) is 4.26. The Labute approximate surface area is 189 Å². The highest BCUT2D eigenvalue weighted by Crippen LogP contribution is 2.34. The number of rotatable bonds is 7. The maximum absolute atomic E-state index is 13.5. The summed E-state index contributed by atoms with van der Waals surface area (Å²) in [5, 5.41) is 0. The quantitative estimate of drug-likeness (QED) is 0.610. The number of piperidine rings is 1. The Morgan fingerprint density at radius 1 is 0.844 bits per heavy atom. The lowest BCUT2D eigenvalue weighted by Gasteiger charge is -2.29. The Kier molecular flexibility index (Phi) is 6.49. The van der Waals surface area contributed by atoms with Crippen LogP contribution in [-0.2, 0) is 16.1 Å². The molecule has 0 unspecified atom stereocenters. The number of hydrogen-bond acceptors (Lipinski definition) is 5. The minimum atomic E-state index is -0.246. The molecule has 2 aliphatic heterocycles. The molecule has 0 N–H and O–H groups in total. The lowest BCUT2D eigenvalue weighted by atomic mass is 10.0. The number of nitrogens with zero attached hydrogens (tertiary/aromatic N) is 2. The van der Waals surface area contributed by atoms with Crippen molar-refractivity contribution < 1.29 is 19.1 Å². The van der Waals surface area contributed by atoms with Crippen molar-refractivity contribution in [2.45, 2.75) is 45.8 Å². The predicted molar refractivity (Wildman–Crippen MR) is 123 cm³/mol. The molecule has 168 valence electrons. The number of carbonyl (C=O) groups excluding carboxylic acids is 2. The van der Waals surface area contributed by atoms with Crippen molar-refractivity contribution in [1.29, 1.82) is 0 Å². The Hall–Kier alpha value is -3.28. The van der Waals surface area contributed by atoms with Gasteiger partial charge in [0, 0.05) is 13.1 Å². The Balaban J connectivity index is 1.66. The van der Waals surface area contributed by atoms with Crippen LogP contribution in [0.3, 0.4) is 0 Å². The molecule has 2 aromatic rings. The summed E-state index contributed by atoms with van der Waals surface area (Å²) in [5.41, 5.74) is 2.65. The first-order valence-electron chi connectivity index (χ1n) is 11.2. The first kappa shape index (κ1) is 21.9. The molecule has 0 aromatic heterocycles. The second-order valence-electron chi connectivity index (χ2n) is 8.51. The number of imide groups is 1. The van der Waals surface area contributed by atoms with Crippen molar-refractivity contribution in [3.8, 4) is 11.5 Å². The largest absolute Gasteiger partial charge is 0.497 e. The molecular formula is C26H30N2O4. The van der Waals surface area contributed by atoms with Crippen molar-refractivity contribution in [2.75, 3.05) is 20.2 Å². The third-order valence-electron chi connectivity index (χ3n) is 5.83. The van der Waals surface area contributed by atoms with E-state index in [1.54, 1.807) is 7.11 Å². The second kappa shape index (κ2) is 9.47. The molecule has 0 bridgehead atoms. The molecule has 6 heteroatoms. The van der Waals surface area contributed by atoms with Gasteiger partial charge in [-0.2, -0.15) is 0 Å². The Morgan fingerprint density at radius 2 is 1.47 bits per heavy atom. The summed E-state index contributed by atoms with van der Waals surface area (Å²) >= 11 is 0. The van der Waals surface area contributed by atoms with Crippen LogP contribution in [0.1, 0.15) is 44.2 Å². The zero-order chi connectivity index (χ0) is 22.7. The summed E-state index contributed by atoms with van der Waals surface area (Å²) in [7, 11) is 1.61. The van der Waals surface area contributed by atoms with E-state index in [1.165, 1.54) is 4.90 Å². The van der Waals surface area contributed by atoms with Crippen molar-refractivity contribution in [1.82, 2.24) is 9.80 Å². The van der Waals surface area contributed by atoms with Crippen LogP contribution in [0.2, 0.25) is 0 Å². The first-order chi connectivity index (χ1) is 15.5. The first-order valence-corrected chi connectivity index (χ1v) is 11.2. The summed E-state index contributed by atoms with van der Waals surface area (Å²) in [6.45, 7) is 5.77. The van der Waals surface area contributed by atoms with Gasteiger partial charge in [0.05, 0.1) is 25.3 Å². The molecule has 2 aromatic carbocycles. The van der Waals surface area contributed by atoms with Crippen LogP contribution in [-0.4, -0.2) is 47.9 Å². The zero-order valence-electron chi connectivity index (χ0n) is 19.0. The smallest absolute Gasteiger partial charge is 0.278 e. The summed E-state index contributed by atoms with van der Waals surface area (Å²) in [5.74, 6) is 1.02. The predicted octanol–water partition coefficient (Wildman–Crippen LogP) is 4.25. The van der Waals surface area contributed by atoms with Gasteiger partial charge in [-0.15, -0.1) is 0 Å². The Bertz CT molecular complexity index is 1000. The number of amides is 2. The maximum atomic E-state index is 13.5. The van der Waals surface area contributed by atoms with Gasteiger partial charge >= 0.3 is 0 Å². The van der Waals surface area contributed by atoms with Crippen LogP contribution < -0.4 is 9.47 Å². The normalized spacial score (nSPS) is 16.9.